The number of rotatable bonds is 5. The number of amides is 1. The van der Waals surface area contributed by atoms with Crippen LogP contribution in [0.4, 0.5) is 0 Å². The molecule has 0 radical (unpaired) electrons. The smallest absolute Gasteiger partial charge is 0.240 e. The lowest BCUT2D eigenvalue weighted by Gasteiger charge is -2.38. The third-order valence-corrected chi connectivity index (χ3v) is 4.75. The van der Waals surface area contributed by atoms with Crippen molar-refractivity contribution in [1.82, 2.24) is 19.9 Å². The van der Waals surface area contributed by atoms with Gasteiger partial charge in [0.15, 0.2) is 5.82 Å². The molecule has 0 saturated carbocycles. The van der Waals surface area contributed by atoms with Gasteiger partial charge in [-0.15, -0.1) is 0 Å². The lowest BCUT2D eigenvalue weighted by atomic mass is 9.93. The maximum absolute atomic E-state index is 12.7. The molecule has 24 heavy (non-hydrogen) atoms. The normalized spacial score (nSPS) is 25.8. The van der Waals surface area contributed by atoms with Crippen molar-refractivity contribution in [1.29, 1.82) is 0 Å². The first-order chi connectivity index (χ1) is 11.7. The summed E-state index contributed by atoms with van der Waals surface area (Å²) in [4.78, 5) is 21.2. The Morgan fingerprint density at radius 2 is 2.12 bits per heavy atom. The van der Waals surface area contributed by atoms with Crippen LogP contribution in [0.2, 0.25) is 0 Å². The van der Waals surface area contributed by atoms with E-state index in [4.69, 9.17) is 14.0 Å². The summed E-state index contributed by atoms with van der Waals surface area (Å²) in [6.45, 7) is 6.85. The minimum absolute atomic E-state index is 0.0119. The third-order valence-electron chi connectivity index (χ3n) is 4.75. The predicted octanol–water partition coefficient (Wildman–Crippen LogP) is 0.675. The Kier molecular flexibility index (Phi) is 5.80. The molecule has 1 aromatic heterocycles. The molecule has 134 valence electrons. The number of nitrogens with zero attached hydrogens (tertiary/aromatic N) is 4. The molecule has 0 N–H and O–H groups in total. The number of ether oxygens (including phenoxy) is 2. The summed E-state index contributed by atoms with van der Waals surface area (Å²) in [5.74, 6) is 1.41. The molecule has 2 aliphatic heterocycles. The Morgan fingerprint density at radius 3 is 2.83 bits per heavy atom. The van der Waals surface area contributed by atoms with E-state index in [0.717, 1.165) is 45.6 Å². The van der Waals surface area contributed by atoms with Gasteiger partial charge in [-0.2, -0.15) is 4.98 Å². The number of methoxy groups -OCH3 is 1. The second-order valence-corrected chi connectivity index (χ2v) is 6.46. The zero-order valence-electron chi connectivity index (χ0n) is 14.4. The highest BCUT2D eigenvalue weighted by molar-refractivity contribution is 5.79. The Hall–Kier alpha value is -1.51. The van der Waals surface area contributed by atoms with Crippen LogP contribution in [0.25, 0.3) is 0 Å². The van der Waals surface area contributed by atoms with E-state index in [-0.39, 0.29) is 17.9 Å². The minimum atomic E-state index is 0.0119. The monoisotopic (exact) mass is 338 g/mol. The molecule has 3 rings (SSSR count). The van der Waals surface area contributed by atoms with Crippen LogP contribution in [0.15, 0.2) is 4.52 Å². The molecule has 8 heteroatoms. The first kappa shape index (κ1) is 17.3. The average molecular weight is 338 g/mol. The molecule has 1 aromatic rings. The number of piperazine rings is 1. The van der Waals surface area contributed by atoms with E-state index in [1.165, 1.54) is 0 Å². The molecule has 0 aromatic carbocycles. The van der Waals surface area contributed by atoms with Crippen molar-refractivity contribution in [3.63, 3.8) is 0 Å². The van der Waals surface area contributed by atoms with E-state index in [1.807, 2.05) is 11.8 Å². The van der Waals surface area contributed by atoms with Gasteiger partial charge in [-0.05, 0) is 19.8 Å². The molecule has 2 atom stereocenters. The van der Waals surface area contributed by atoms with Crippen molar-refractivity contribution in [2.75, 3.05) is 39.9 Å². The lowest BCUT2D eigenvalue weighted by molar-refractivity contribution is -0.145. The minimum Gasteiger partial charge on any atom is -0.378 e. The fourth-order valence-corrected chi connectivity index (χ4v) is 3.34. The summed E-state index contributed by atoms with van der Waals surface area (Å²) < 4.78 is 15.8. The molecule has 0 bridgehead atoms. The van der Waals surface area contributed by atoms with Crippen molar-refractivity contribution >= 4 is 5.91 Å². The van der Waals surface area contributed by atoms with Crippen LogP contribution in [0.5, 0.6) is 0 Å². The zero-order valence-corrected chi connectivity index (χ0v) is 14.4. The molecule has 2 fully saturated rings. The van der Waals surface area contributed by atoms with Crippen LogP contribution < -0.4 is 0 Å². The van der Waals surface area contributed by atoms with Crippen molar-refractivity contribution in [2.45, 2.75) is 39.0 Å². The highest BCUT2D eigenvalue weighted by Crippen LogP contribution is 2.23. The molecule has 0 unspecified atom stereocenters. The quantitative estimate of drug-likeness (QED) is 0.781. The second-order valence-electron chi connectivity index (χ2n) is 6.46. The highest BCUT2D eigenvalue weighted by Gasteiger charge is 2.33. The molecule has 1 amide bonds. The Bertz CT molecular complexity index is 542. The summed E-state index contributed by atoms with van der Waals surface area (Å²) in [6, 6.07) is 0. The lowest BCUT2D eigenvalue weighted by Crippen LogP contribution is -2.52. The van der Waals surface area contributed by atoms with Crippen molar-refractivity contribution in [2.24, 2.45) is 5.92 Å². The number of hydrogen-bond acceptors (Lipinski definition) is 7. The fraction of sp³-hybridized carbons (Fsp3) is 0.812. The van der Waals surface area contributed by atoms with Crippen molar-refractivity contribution in [3.8, 4) is 0 Å². The van der Waals surface area contributed by atoms with Crippen molar-refractivity contribution in [3.05, 3.63) is 11.7 Å². The van der Waals surface area contributed by atoms with Gasteiger partial charge in [0.25, 0.3) is 0 Å². The summed E-state index contributed by atoms with van der Waals surface area (Å²) in [5, 5.41) is 3.87. The maximum atomic E-state index is 12.7. The number of aromatic nitrogens is 2. The molecular formula is C16H26N4O4. The molecule has 2 saturated heterocycles. The van der Waals surface area contributed by atoms with Gasteiger partial charge in [0.2, 0.25) is 11.8 Å². The Labute approximate surface area is 142 Å². The van der Waals surface area contributed by atoms with Crippen molar-refractivity contribution < 1.29 is 18.8 Å². The predicted molar refractivity (Wildman–Crippen MR) is 85.0 cm³/mol. The van der Waals surface area contributed by atoms with Gasteiger partial charge in [-0.25, -0.2) is 0 Å². The van der Waals surface area contributed by atoms with Crippen LogP contribution >= 0.6 is 0 Å². The molecule has 0 spiro atoms. The van der Waals surface area contributed by atoms with Crippen LogP contribution in [0.1, 0.15) is 31.5 Å². The standard InChI is InChI=1S/C16H26N4O4/c1-12-13(4-3-9-23-12)16(21)20-7-5-19(6-8-20)10-15-17-14(11-22-2)18-24-15/h12-13H,3-11H2,1-2H3/t12-,13-/m0/s1. The first-order valence-electron chi connectivity index (χ1n) is 8.60. The maximum Gasteiger partial charge on any atom is 0.240 e. The van der Waals surface area contributed by atoms with Gasteiger partial charge in [0, 0.05) is 39.9 Å². The number of hydrogen-bond donors (Lipinski definition) is 0. The van der Waals surface area contributed by atoms with Gasteiger partial charge >= 0.3 is 0 Å². The van der Waals surface area contributed by atoms with Crippen LogP contribution in [-0.2, 0) is 27.4 Å². The summed E-state index contributed by atoms with van der Waals surface area (Å²) in [6.07, 6.45) is 1.94. The van der Waals surface area contributed by atoms with Gasteiger partial charge in [-0.3, -0.25) is 9.69 Å². The summed E-state index contributed by atoms with van der Waals surface area (Å²) >= 11 is 0. The van der Waals surface area contributed by atoms with E-state index in [0.29, 0.717) is 24.9 Å². The first-order valence-corrected chi connectivity index (χ1v) is 8.60. The Morgan fingerprint density at radius 1 is 1.33 bits per heavy atom. The van der Waals surface area contributed by atoms with E-state index >= 15 is 0 Å². The van der Waals surface area contributed by atoms with Crippen LogP contribution in [-0.4, -0.2) is 71.8 Å². The topological polar surface area (TPSA) is 80.9 Å². The molecule has 0 aliphatic carbocycles. The van der Waals surface area contributed by atoms with Gasteiger partial charge in [-0.1, -0.05) is 5.16 Å². The van der Waals surface area contributed by atoms with Gasteiger partial charge < -0.3 is 18.9 Å². The third kappa shape index (κ3) is 4.12. The molecular weight excluding hydrogens is 312 g/mol. The largest absolute Gasteiger partial charge is 0.378 e. The van der Waals surface area contributed by atoms with E-state index in [9.17, 15) is 4.79 Å². The second kappa shape index (κ2) is 8.04. The van der Waals surface area contributed by atoms with Crippen LogP contribution in [0.3, 0.4) is 0 Å². The average Bonchev–Trinajstić information content (AvgIpc) is 3.03. The number of carbonyl (C=O) groups is 1. The zero-order chi connectivity index (χ0) is 16.9. The Balaban J connectivity index is 1.47. The van der Waals surface area contributed by atoms with Gasteiger partial charge in [0.05, 0.1) is 18.6 Å². The fourth-order valence-electron chi connectivity index (χ4n) is 3.34. The summed E-state index contributed by atoms with van der Waals surface area (Å²) in [5.41, 5.74) is 0. The molecule has 2 aliphatic rings. The van der Waals surface area contributed by atoms with E-state index in [1.54, 1.807) is 7.11 Å². The number of carbonyl (C=O) groups excluding carboxylic acids is 1. The van der Waals surface area contributed by atoms with E-state index in [2.05, 4.69) is 15.0 Å². The highest BCUT2D eigenvalue weighted by atomic mass is 16.5. The van der Waals surface area contributed by atoms with Gasteiger partial charge in [0.1, 0.15) is 6.61 Å². The van der Waals surface area contributed by atoms with E-state index < -0.39 is 0 Å². The molecule has 3 heterocycles. The SMILES string of the molecule is COCc1noc(CN2CCN(C(=O)[C@H]3CCCO[C@H]3C)CC2)n1. The van der Waals surface area contributed by atoms with Crippen LogP contribution in [0, 0.1) is 5.92 Å². The summed E-state index contributed by atoms with van der Waals surface area (Å²) in [7, 11) is 1.60. The molecule has 8 nitrogen and oxygen atoms in total.